The molecule has 0 heteroatoms. The molecule has 0 N–H and O–H groups in total. The van der Waals surface area contributed by atoms with Crippen LogP contribution in [0.15, 0.2) is 36.4 Å². The third kappa shape index (κ3) is 2.64. The average Bonchev–Trinajstić information content (AvgIpc) is 2.38. The van der Waals surface area contributed by atoms with Gasteiger partial charge in [0, 0.05) is 0 Å². The number of hydrogen-bond acceptors (Lipinski definition) is 0. The molecule has 0 aliphatic rings. The topological polar surface area (TPSA) is 0 Å². The van der Waals surface area contributed by atoms with Gasteiger partial charge in [-0.05, 0) is 73.9 Å². The number of benzene rings is 2. The van der Waals surface area contributed by atoms with Crippen LogP contribution >= 0.6 is 0 Å². The lowest BCUT2D eigenvalue weighted by Crippen LogP contribution is -2.01. The van der Waals surface area contributed by atoms with Crippen LogP contribution in [0.5, 0.6) is 0 Å². The molecule has 0 aromatic heterocycles. The van der Waals surface area contributed by atoms with Crippen molar-refractivity contribution in [3.8, 4) is 0 Å². The van der Waals surface area contributed by atoms with Gasteiger partial charge < -0.3 is 0 Å². The number of hydrogen-bond donors (Lipinski definition) is 0. The van der Waals surface area contributed by atoms with Gasteiger partial charge in [0.05, 0.1) is 0 Å². The van der Waals surface area contributed by atoms with Crippen LogP contribution in [0.25, 0.3) is 0 Å². The first-order valence-electron chi connectivity index (χ1n) is 6.70. The van der Waals surface area contributed by atoms with Crippen molar-refractivity contribution in [1.82, 2.24) is 0 Å². The molecule has 0 radical (unpaired) electrons. The molecule has 0 saturated carbocycles. The Bertz CT molecular complexity index is 509. The van der Waals surface area contributed by atoms with E-state index in [1.807, 2.05) is 0 Å². The molecule has 0 aliphatic heterocycles. The van der Waals surface area contributed by atoms with Crippen LogP contribution in [0.4, 0.5) is 0 Å². The molecule has 2 aromatic carbocycles. The average molecular weight is 238 g/mol. The van der Waals surface area contributed by atoms with Gasteiger partial charge in [-0.15, -0.1) is 0 Å². The van der Waals surface area contributed by atoms with E-state index in [9.17, 15) is 0 Å². The van der Waals surface area contributed by atoms with Gasteiger partial charge in [-0.2, -0.15) is 0 Å². The second-order valence-electron chi connectivity index (χ2n) is 5.22. The van der Waals surface area contributed by atoms with Crippen LogP contribution in [-0.2, 0) is 12.8 Å². The van der Waals surface area contributed by atoms with E-state index in [1.165, 1.54) is 33.4 Å². The molecular formula is C18H22. The van der Waals surface area contributed by atoms with E-state index in [0.717, 1.165) is 12.8 Å². The molecule has 94 valence electrons. The zero-order valence-corrected chi connectivity index (χ0v) is 11.9. The summed E-state index contributed by atoms with van der Waals surface area (Å²) >= 11 is 0. The van der Waals surface area contributed by atoms with Crippen LogP contribution in [-0.4, -0.2) is 0 Å². The fraction of sp³-hybridized carbons (Fsp3) is 0.333. The minimum Gasteiger partial charge on any atom is -0.0622 e. The SMILES string of the molecule is Cc1cc(C)c(C)c(CCc2ccccc2)c1C. The van der Waals surface area contributed by atoms with E-state index in [-0.39, 0.29) is 0 Å². The molecule has 0 amide bonds. The maximum Gasteiger partial charge on any atom is -0.0233 e. The van der Waals surface area contributed by atoms with E-state index >= 15 is 0 Å². The molecular weight excluding hydrogens is 216 g/mol. The zero-order chi connectivity index (χ0) is 13.1. The molecule has 0 heterocycles. The van der Waals surface area contributed by atoms with E-state index in [4.69, 9.17) is 0 Å². The Morgan fingerprint density at radius 2 is 1.28 bits per heavy atom. The molecule has 0 unspecified atom stereocenters. The van der Waals surface area contributed by atoms with E-state index in [2.05, 4.69) is 64.1 Å². The summed E-state index contributed by atoms with van der Waals surface area (Å²) < 4.78 is 0. The fourth-order valence-corrected chi connectivity index (χ4v) is 2.59. The van der Waals surface area contributed by atoms with Crippen molar-refractivity contribution in [2.24, 2.45) is 0 Å². The Morgan fingerprint density at radius 3 is 1.83 bits per heavy atom. The second kappa shape index (κ2) is 5.39. The van der Waals surface area contributed by atoms with Gasteiger partial charge in [0.2, 0.25) is 0 Å². The maximum absolute atomic E-state index is 2.30. The Morgan fingerprint density at radius 1 is 0.722 bits per heavy atom. The first-order valence-corrected chi connectivity index (χ1v) is 6.70. The van der Waals surface area contributed by atoms with Crippen molar-refractivity contribution in [2.75, 3.05) is 0 Å². The van der Waals surface area contributed by atoms with Crippen molar-refractivity contribution in [2.45, 2.75) is 40.5 Å². The lowest BCUT2D eigenvalue weighted by Gasteiger charge is -2.15. The molecule has 0 saturated heterocycles. The quantitative estimate of drug-likeness (QED) is 0.726. The van der Waals surface area contributed by atoms with Crippen LogP contribution in [0.2, 0.25) is 0 Å². The molecule has 18 heavy (non-hydrogen) atoms. The summed E-state index contributed by atoms with van der Waals surface area (Å²) in [5, 5.41) is 0. The van der Waals surface area contributed by atoms with Gasteiger partial charge >= 0.3 is 0 Å². The zero-order valence-electron chi connectivity index (χ0n) is 11.9. The molecule has 2 rings (SSSR count). The Balaban J connectivity index is 2.24. The minimum absolute atomic E-state index is 1.13. The molecule has 0 nitrogen and oxygen atoms in total. The first-order chi connectivity index (χ1) is 8.59. The number of aryl methyl sites for hydroxylation is 3. The normalized spacial score (nSPS) is 10.7. The van der Waals surface area contributed by atoms with Gasteiger partial charge in [0.1, 0.15) is 0 Å². The van der Waals surface area contributed by atoms with Crippen molar-refractivity contribution in [3.63, 3.8) is 0 Å². The summed E-state index contributed by atoms with van der Waals surface area (Å²) in [5.41, 5.74) is 8.73. The van der Waals surface area contributed by atoms with Crippen LogP contribution < -0.4 is 0 Å². The molecule has 0 atom stereocenters. The molecule has 0 bridgehead atoms. The smallest absolute Gasteiger partial charge is 0.0233 e. The molecule has 0 spiro atoms. The van der Waals surface area contributed by atoms with Gasteiger partial charge in [-0.3, -0.25) is 0 Å². The summed E-state index contributed by atoms with van der Waals surface area (Å²) in [6, 6.07) is 13.1. The lowest BCUT2D eigenvalue weighted by atomic mass is 9.90. The van der Waals surface area contributed by atoms with Gasteiger partial charge in [-0.1, -0.05) is 36.4 Å². The summed E-state index contributed by atoms with van der Waals surface area (Å²) in [7, 11) is 0. The maximum atomic E-state index is 2.30. The summed E-state index contributed by atoms with van der Waals surface area (Å²) in [6.07, 6.45) is 2.27. The van der Waals surface area contributed by atoms with Crippen molar-refractivity contribution in [1.29, 1.82) is 0 Å². The van der Waals surface area contributed by atoms with Crippen LogP contribution in [0, 0.1) is 27.7 Å². The van der Waals surface area contributed by atoms with Gasteiger partial charge in [0.15, 0.2) is 0 Å². The summed E-state index contributed by atoms with van der Waals surface area (Å²) in [6.45, 7) is 8.94. The molecule has 0 aliphatic carbocycles. The third-order valence-corrected chi connectivity index (χ3v) is 4.03. The Kier molecular flexibility index (Phi) is 3.86. The highest BCUT2D eigenvalue weighted by molar-refractivity contribution is 5.44. The number of rotatable bonds is 3. The Labute approximate surface area is 111 Å². The highest BCUT2D eigenvalue weighted by Gasteiger charge is 2.08. The van der Waals surface area contributed by atoms with Crippen LogP contribution in [0.3, 0.4) is 0 Å². The fourth-order valence-electron chi connectivity index (χ4n) is 2.59. The van der Waals surface area contributed by atoms with E-state index in [1.54, 1.807) is 0 Å². The summed E-state index contributed by atoms with van der Waals surface area (Å²) in [4.78, 5) is 0. The van der Waals surface area contributed by atoms with Crippen molar-refractivity contribution < 1.29 is 0 Å². The standard InChI is InChI=1S/C18H22/c1-13-12-14(2)16(4)18(15(13)3)11-10-17-8-6-5-7-9-17/h5-9,12H,10-11H2,1-4H3. The Hall–Kier alpha value is -1.56. The molecule has 0 fully saturated rings. The van der Waals surface area contributed by atoms with Crippen molar-refractivity contribution in [3.05, 3.63) is 69.8 Å². The van der Waals surface area contributed by atoms with E-state index < -0.39 is 0 Å². The summed E-state index contributed by atoms with van der Waals surface area (Å²) in [5.74, 6) is 0. The van der Waals surface area contributed by atoms with Gasteiger partial charge in [0.25, 0.3) is 0 Å². The predicted molar refractivity (Wildman–Crippen MR) is 79.2 cm³/mol. The first kappa shape index (κ1) is 12.9. The molecule has 2 aromatic rings. The van der Waals surface area contributed by atoms with Crippen molar-refractivity contribution >= 4 is 0 Å². The highest BCUT2D eigenvalue weighted by Crippen LogP contribution is 2.23. The monoisotopic (exact) mass is 238 g/mol. The minimum atomic E-state index is 1.13. The predicted octanol–water partition coefficient (Wildman–Crippen LogP) is 4.71. The van der Waals surface area contributed by atoms with Gasteiger partial charge in [-0.25, -0.2) is 0 Å². The third-order valence-electron chi connectivity index (χ3n) is 4.03. The van der Waals surface area contributed by atoms with E-state index in [0.29, 0.717) is 0 Å². The largest absolute Gasteiger partial charge is 0.0622 e. The highest BCUT2D eigenvalue weighted by atomic mass is 14.1. The van der Waals surface area contributed by atoms with Crippen LogP contribution in [0.1, 0.15) is 33.4 Å². The second-order valence-corrected chi connectivity index (χ2v) is 5.22. The lowest BCUT2D eigenvalue weighted by molar-refractivity contribution is 0.929.